The van der Waals surface area contributed by atoms with Gasteiger partial charge in [0, 0.05) is 25.2 Å². The fraction of sp³-hybridized carbons (Fsp3) is 0.714. The van der Waals surface area contributed by atoms with Gasteiger partial charge in [-0.15, -0.1) is 0 Å². The van der Waals surface area contributed by atoms with Gasteiger partial charge in [-0.3, -0.25) is 0 Å². The van der Waals surface area contributed by atoms with Crippen LogP contribution in [0.4, 0.5) is 5.82 Å². The normalized spacial score (nSPS) is 17.4. The van der Waals surface area contributed by atoms with Gasteiger partial charge in [0.2, 0.25) is 5.88 Å². The van der Waals surface area contributed by atoms with Crippen molar-refractivity contribution in [1.29, 1.82) is 0 Å². The molecule has 0 unspecified atom stereocenters. The number of rotatable bonds is 6. The molecule has 5 heteroatoms. The average molecular weight is 264 g/mol. The van der Waals surface area contributed by atoms with Crippen LogP contribution in [0.1, 0.15) is 33.1 Å². The molecule has 106 valence electrons. The lowest BCUT2D eigenvalue weighted by Crippen LogP contribution is -2.39. The highest BCUT2D eigenvalue weighted by atomic mass is 16.5. The van der Waals surface area contributed by atoms with Crippen LogP contribution in [0.3, 0.4) is 0 Å². The van der Waals surface area contributed by atoms with Crippen LogP contribution in [-0.4, -0.2) is 47.2 Å². The van der Waals surface area contributed by atoms with Gasteiger partial charge >= 0.3 is 0 Å². The van der Waals surface area contributed by atoms with E-state index in [-0.39, 0.29) is 0 Å². The van der Waals surface area contributed by atoms with E-state index in [0.717, 1.165) is 18.8 Å². The van der Waals surface area contributed by atoms with Crippen molar-refractivity contribution in [2.45, 2.75) is 39.2 Å². The molecular formula is C14H24N4O. The van der Waals surface area contributed by atoms with Crippen LogP contribution in [0.25, 0.3) is 0 Å². The third kappa shape index (κ3) is 4.35. The molecule has 0 aliphatic carbocycles. The number of nitrogens with zero attached hydrogens (tertiary/aromatic N) is 3. The first-order valence-electron chi connectivity index (χ1n) is 7.25. The Balaban J connectivity index is 1.85. The molecule has 1 aromatic heterocycles. The molecule has 1 saturated heterocycles. The summed E-state index contributed by atoms with van der Waals surface area (Å²) in [6, 6.07) is 2.40. The van der Waals surface area contributed by atoms with Gasteiger partial charge in [0.1, 0.15) is 12.1 Å². The van der Waals surface area contributed by atoms with Gasteiger partial charge in [-0.2, -0.15) is 0 Å². The lowest BCUT2D eigenvalue weighted by Gasteiger charge is -2.31. The van der Waals surface area contributed by atoms with Crippen LogP contribution in [0.2, 0.25) is 0 Å². The van der Waals surface area contributed by atoms with Crippen LogP contribution >= 0.6 is 0 Å². The van der Waals surface area contributed by atoms with Crippen molar-refractivity contribution in [2.75, 3.05) is 31.6 Å². The van der Waals surface area contributed by atoms with E-state index in [4.69, 9.17) is 4.74 Å². The number of hydrogen-bond donors (Lipinski definition) is 1. The number of anilines is 1. The molecule has 0 saturated carbocycles. The maximum atomic E-state index is 5.52. The van der Waals surface area contributed by atoms with Crippen molar-refractivity contribution < 1.29 is 4.74 Å². The summed E-state index contributed by atoms with van der Waals surface area (Å²) >= 11 is 0. The van der Waals surface area contributed by atoms with Gasteiger partial charge in [0.25, 0.3) is 0 Å². The van der Waals surface area contributed by atoms with Gasteiger partial charge < -0.3 is 15.0 Å². The molecule has 1 N–H and O–H groups in total. The van der Waals surface area contributed by atoms with Crippen LogP contribution in [-0.2, 0) is 0 Å². The lowest BCUT2D eigenvalue weighted by molar-refractivity contribution is 0.229. The Labute approximate surface area is 115 Å². The molecule has 2 heterocycles. The van der Waals surface area contributed by atoms with E-state index < -0.39 is 0 Å². The zero-order valence-electron chi connectivity index (χ0n) is 11.9. The highest BCUT2D eigenvalue weighted by Gasteiger charge is 2.18. The molecule has 0 radical (unpaired) electrons. The topological polar surface area (TPSA) is 50.3 Å². The van der Waals surface area contributed by atoms with Crippen molar-refractivity contribution in [3.8, 4) is 5.88 Å². The summed E-state index contributed by atoms with van der Waals surface area (Å²) in [6.45, 7) is 8.48. The molecule has 0 atom stereocenters. The van der Waals surface area contributed by atoms with Crippen LogP contribution in [0.5, 0.6) is 5.88 Å². The highest BCUT2D eigenvalue weighted by molar-refractivity contribution is 5.38. The standard InChI is InChI=1S/C14H24N4O/c1-3-9-19-14-10-13(15-11-16-14)17-12-5-7-18(4-2)8-6-12/h10-12H,3-9H2,1-2H3,(H,15,16,17). The number of likely N-dealkylation sites (tertiary alicyclic amines) is 1. The Hall–Kier alpha value is -1.36. The van der Waals surface area contributed by atoms with Gasteiger partial charge in [0.05, 0.1) is 6.61 Å². The summed E-state index contributed by atoms with van der Waals surface area (Å²) in [6.07, 6.45) is 4.89. The minimum Gasteiger partial charge on any atom is -0.478 e. The SMILES string of the molecule is CCCOc1cc(NC2CCN(CC)CC2)ncn1. The molecule has 0 bridgehead atoms. The first-order chi connectivity index (χ1) is 9.31. The molecule has 19 heavy (non-hydrogen) atoms. The lowest BCUT2D eigenvalue weighted by atomic mass is 10.1. The highest BCUT2D eigenvalue weighted by Crippen LogP contribution is 2.17. The van der Waals surface area contributed by atoms with Crippen LogP contribution in [0.15, 0.2) is 12.4 Å². The average Bonchev–Trinajstić information content (AvgIpc) is 2.46. The van der Waals surface area contributed by atoms with Gasteiger partial charge in [-0.1, -0.05) is 13.8 Å². The predicted octanol–water partition coefficient (Wildman–Crippen LogP) is 2.16. The molecule has 0 spiro atoms. The molecular weight excluding hydrogens is 240 g/mol. The Morgan fingerprint density at radius 1 is 1.32 bits per heavy atom. The molecule has 1 fully saturated rings. The third-order valence-electron chi connectivity index (χ3n) is 3.48. The maximum absolute atomic E-state index is 5.52. The summed E-state index contributed by atoms with van der Waals surface area (Å²) < 4.78 is 5.52. The Morgan fingerprint density at radius 3 is 2.79 bits per heavy atom. The summed E-state index contributed by atoms with van der Waals surface area (Å²) in [4.78, 5) is 10.9. The van der Waals surface area contributed by atoms with E-state index in [2.05, 4.69) is 34.0 Å². The first kappa shape index (κ1) is 14.1. The fourth-order valence-corrected chi connectivity index (χ4v) is 2.31. The van der Waals surface area contributed by atoms with Crippen molar-refractivity contribution in [1.82, 2.24) is 14.9 Å². The summed E-state index contributed by atoms with van der Waals surface area (Å²) in [5.41, 5.74) is 0. The second-order valence-electron chi connectivity index (χ2n) is 4.94. The molecule has 5 nitrogen and oxygen atoms in total. The van der Waals surface area contributed by atoms with Crippen molar-refractivity contribution in [3.05, 3.63) is 12.4 Å². The molecule has 1 aliphatic rings. The van der Waals surface area contributed by atoms with Crippen LogP contribution in [0, 0.1) is 0 Å². The predicted molar refractivity (Wildman–Crippen MR) is 76.6 cm³/mol. The molecule has 1 aromatic rings. The number of ether oxygens (including phenoxy) is 1. The smallest absolute Gasteiger partial charge is 0.218 e. The number of nitrogens with one attached hydrogen (secondary N) is 1. The van der Waals surface area contributed by atoms with E-state index in [1.165, 1.54) is 25.9 Å². The number of hydrogen-bond acceptors (Lipinski definition) is 5. The van der Waals surface area contributed by atoms with Crippen LogP contribution < -0.4 is 10.1 Å². The number of piperidine rings is 1. The first-order valence-corrected chi connectivity index (χ1v) is 7.25. The second kappa shape index (κ2) is 7.28. The minimum absolute atomic E-state index is 0.511. The monoisotopic (exact) mass is 264 g/mol. The number of aromatic nitrogens is 2. The van der Waals surface area contributed by atoms with E-state index in [0.29, 0.717) is 18.5 Å². The van der Waals surface area contributed by atoms with E-state index in [9.17, 15) is 0 Å². The van der Waals surface area contributed by atoms with E-state index in [1.807, 2.05) is 6.07 Å². The third-order valence-corrected chi connectivity index (χ3v) is 3.48. The largest absolute Gasteiger partial charge is 0.478 e. The summed E-state index contributed by atoms with van der Waals surface area (Å²) in [5, 5.41) is 3.48. The summed E-state index contributed by atoms with van der Waals surface area (Å²) in [7, 11) is 0. The van der Waals surface area contributed by atoms with Gasteiger partial charge in [-0.05, 0) is 25.8 Å². The Morgan fingerprint density at radius 2 is 2.11 bits per heavy atom. The van der Waals surface area contributed by atoms with E-state index in [1.54, 1.807) is 6.33 Å². The Bertz CT molecular complexity index is 377. The fourth-order valence-electron chi connectivity index (χ4n) is 2.31. The van der Waals surface area contributed by atoms with Gasteiger partial charge in [0.15, 0.2) is 0 Å². The Kier molecular flexibility index (Phi) is 5.39. The van der Waals surface area contributed by atoms with Gasteiger partial charge in [-0.25, -0.2) is 9.97 Å². The zero-order valence-corrected chi connectivity index (χ0v) is 11.9. The van der Waals surface area contributed by atoms with Crippen molar-refractivity contribution in [3.63, 3.8) is 0 Å². The molecule has 0 amide bonds. The zero-order chi connectivity index (χ0) is 13.5. The molecule has 0 aromatic carbocycles. The van der Waals surface area contributed by atoms with E-state index >= 15 is 0 Å². The van der Waals surface area contributed by atoms with Crippen molar-refractivity contribution >= 4 is 5.82 Å². The molecule has 1 aliphatic heterocycles. The quantitative estimate of drug-likeness (QED) is 0.853. The minimum atomic E-state index is 0.511. The maximum Gasteiger partial charge on any atom is 0.218 e. The van der Waals surface area contributed by atoms with Crippen molar-refractivity contribution in [2.24, 2.45) is 0 Å². The molecule has 2 rings (SSSR count). The summed E-state index contributed by atoms with van der Waals surface area (Å²) in [5.74, 6) is 1.53. The second-order valence-corrected chi connectivity index (χ2v) is 4.94.